The first-order valence-electron chi connectivity index (χ1n) is 9.44. The van der Waals surface area contributed by atoms with Crippen LogP contribution < -0.4 is 10.2 Å². The van der Waals surface area contributed by atoms with Crippen LogP contribution in [-0.2, 0) is 14.8 Å². The molecule has 0 radical (unpaired) electrons. The third kappa shape index (κ3) is 5.45. The molecular formula is C19H31N3O3S. The van der Waals surface area contributed by atoms with Crippen molar-refractivity contribution in [2.45, 2.75) is 33.6 Å². The number of anilines is 1. The van der Waals surface area contributed by atoms with E-state index in [-0.39, 0.29) is 17.6 Å². The van der Waals surface area contributed by atoms with E-state index in [1.807, 2.05) is 6.07 Å². The lowest BCUT2D eigenvalue weighted by molar-refractivity contribution is -0.126. The van der Waals surface area contributed by atoms with Crippen molar-refractivity contribution in [2.24, 2.45) is 5.92 Å². The molecule has 2 rings (SSSR count). The lowest BCUT2D eigenvalue weighted by Crippen LogP contribution is -2.44. The van der Waals surface area contributed by atoms with E-state index in [1.54, 1.807) is 6.92 Å². The Morgan fingerprint density at radius 1 is 1.27 bits per heavy atom. The summed E-state index contributed by atoms with van der Waals surface area (Å²) in [4.78, 5) is 14.6. The zero-order valence-corrected chi connectivity index (χ0v) is 16.9. The number of hydrogen-bond donors (Lipinski definition) is 1. The van der Waals surface area contributed by atoms with Crippen LogP contribution in [0, 0.1) is 12.8 Å². The lowest BCUT2D eigenvalue weighted by atomic mass is 9.97. The Labute approximate surface area is 157 Å². The summed E-state index contributed by atoms with van der Waals surface area (Å²) in [6.07, 6.45) is 1.20. The molecule has 0 spiro atoms. The average molecular weight is 382 g/mol. The number of benzene rings is 1. The number of carbonyl (C=O) groups is 1. The smallest absolute Gasteiger partial charge is 0.223 e. The van der Waals surface area contributed by atoms with Crippen LogP contribution in [0.25, 0.3) is 0 Å². The lowest BCUT2D eigenvalue weighted by Gasteiger charge is -2.30. The molecular weight excluding hydrogens is 350 g/mol. The Hall–Kier alpha value is -1.60. The summed E-state index contributed by atoms with van der Waals surface area (Å²) in [6, 6.07) is 8.35. The van der Waals surface area contributed by atoms with Crippen molar-refractivity contribution in [2.75, 3.05) is 43.4 Å². The molecule has 0 aliphatic carbocycles. The van der Waals surface area contributed by atoms with Crippen LogP contribution >= 0.6 is 0 Å². The predicted octanol–water partition coefficient (Wildman–Crippen LogP) is 2.00. The summed E-state index contributed by atoms with van der Waals surface area (Å²) < 4.78 is 25.3. The van der Waals surface area contributed by atoms with Crippen molar-refractivity contribution < 1.29 is 13.2 Å². The quantitative estimate of drug-likeness (QED) is 0.748. The molecule has 146 valence electrons. The Morgan fingerprint density at radius 2 is 1.96 bits per heavy atom. The number of aryl methyl sites for hydroxylation is 1. The average Bonchev–Trinajstić information content (AvgIpc) is 2.65. The molecule has 0 aromatic heterocycles. The third-order valence-electron chi connectivity index (χ3n) is 5.01. The fraction of sp³-hybridized carbons (Fsp3) is 0.632. The largest absolute Gasteiger partial charge is 0.370 e. The van der Waals surface area contributed by atoms with Gasteiger partial charge in [0.05, 0.1) is 5.75 Å². The van der Waals surface area contributed by atoms with Crippen molar-refractivity contribution >= 4 is 21.6 Å². The number of piperidine rings is 1. The minimum absolute atomic E-state index is 0.0406. The SMILES string of the molecule is CCN(CCNC(=O)C1CCN(S(=O)(=O)CC)CC1)c1cccc(C)c1. The molecule has 6 nitrogen and oxygen atoms in total. The Morgan fingerprint density at radius 3 is 2.54 bits per heavy atom. The van der Waals surface area contributed by atoms with Gasteiger partial charge in [-0.05, 0) is 51.3 Å². The van der Waals surface area contributed by atoms with Gasteiger partial charge in [-0.25, -0.2) is 12.7 Å². The predicted molar refractivity (Wildman–Crippen MR) is 106 cm³/mol. The van der Waals surface area contributed by atoms with Crippen LogP contribution in [0.15, 0.2) is 24.3 Å². The monoisotopic (exact) mass is 381 g/mol. The molecule has 0 saturated carbocycles. The van der Waals surface area contributed by atoms with Crippen molar-refractivity contribution in [1.29, 1.82) is 0 Å². The number of nitrogens with one attached hydrogen (secondary N) is 1. The molecule has 1 aliphatic heterocycles. The van der Waals surface area contributed by atoms with E-state index in [9.17, 15) is 13.2 Å². The Bertz CT molecular complexity index is 698. The maximum absolute atomic E-state index is 12.4. The van der Waals surface area contributed by atoms with E-state index in [2.05, 4.69) is 42.3 Å². The second-order valence-corrected chi connectivity index (χ2v) is 9.04. The van der Waals surface area contributed by atoms with Gasteiger partial charge in [-0.1, -0.05) is 12.1 Å². The first kappa shape index (κ1) is 20.7. The Balaban J connectivity index is 1.78. The summed E-state index contributed by atoms with van der Waals surface area (Å²) in [5.74, 6) is 0.0709. The standard InChI is InChI=1S/C19H31N3O3S/c1-4-21(18-8-6-7-16(3)15-18)14-11-20-19(23)17-9-12-22(13-10-17)26(24,25)5-2/h6-8,15,17H,4-5,9-14H2,1-3H3,(H,20,23). The van der Waals surface area contributed by atoms with Gasteiger partial charge in [-0.3, -0.25) is 4.79 Å². The number of hydrogen-bond acceptors (Lipinski definition) is 4. The van der Waals surface area contributed by atoms with Crippen LogP contribution in [0.4, 0.5) is 5.69 Å². The fourth-order valence-corrected chi connectivity index (χ4v) is 4.46. The number of rotatable bonds is 8. The molecule has 1 aromatic carbocycles. The topological polar surface area (TPSA) is 69.7 Å². The highest BCUT2D eigenvalue weighted by molar-refractivity contribution is 7.89. The van der Waals surface area contributed by atoms with E-state index in [0.717, 1.165) is 13.1 Å². The van der Waals surface area contributed by atoms with Crippen LogP contribution in [0.1, 0.15) is 32.3 Å². The minimum atomic E-state index is -3.14. The van der Waals surface area contributed by atoms with Gasteiger partial charge in [0.25, 0.3) is 0 Å². The first-order valence-corrected chi connectivity index (χ1v) is 11.1. The molecule has 1 amide bonds. The van der Waals surface area contributed by atoms with Gasteiger partial charge in [-0.2, -0.15) is 0 Å². The van der Waals surface area contributed by atoms with Gasteiger partial charge in [-0.15, -0.1) is 0 Å². The molecule has 1 saturated heterocycles. The van der Waals surface area contributed by atoms with Gasteiger partial charge in [0.1, 0.15) is 0 Å². The van der Waals surface area contributed by atoms with Crippen molar-refractivity contribution in [3.8, 4) is 0 Å². The number of nitrogens with zero attached hydrogens (tertiary/aromatic N) is 2. The van der Waals surface area contributed by atoms with Gasteiger partial charge in [0, 0.05) is 44.3 Å². The maximum Gasteiger partial charge on any atom is 0.223 e. The van der Waals surface area contributed by atoms with Crippen molar-refractivity contribution in [1.82, 2.24) is 9.62 Å². The van der Waals surface area contributed by atoms with Crippen LogP contribution in [0.2, 0.25) is 0 Å². The molecule has 1 aromatic rings. The molecule has 1 aliphatic rings. The van der Waals surface area contributed by atoms with Crippen LogP contribution in [-0.4, -0.2) is 57.1 Å². The number of sulfonamides is 1. The Kier molecular flexibility index (Phi) is 7.46. The number of amides is 1. The normalized spacial score (nSPS) is 16.4. The third-order valence-corrected chi connectivity index (χ3v) is 6.89. The van der Waals surface area contributed by atoms with Gasteiger partial charge in [0.2, 0.25) is 15.9 Å². The molecule has 1 heterocycles. The van der Waals surface area contributed by atoms with Crippen molar-refractivity contribution in [3.05, 3.63) is 29.8 Å². The molecule has 0 bridgehead atoms. The highest BCUT2D eigenvalue weighted by Gasteiger charge is 2.29. The van der Waals surface area contributed by atoms with Gasteiger partial charge < -0.3 is 10.2 Å². The summed E-state index contributed by atoms with van der Waals surface area (Å²) in [5, 5.41) is 3.02. The highest BCUT2D eigenvalue weighted by Crippen LogP contribution is 2.20. The number of likely N-dealkylation sites (N-methyl/N-ethyl adjacent to an activating group) is 1. The first-order chi connectivity index (χ1) is 12.4. The molecule has 7 heteroatoms. The van der Waals surface area contributed by atoms with Gasteiger partial charge >= 0.3 is 0 Å². The second-order valence-electron chi connectivity index (χ2n) is 6.78. The van der Waals surface area contributed by atoms with Crippen LogP contribution in [0.5, 0.6) is 0 Å². The van der Waals surface area contributed by atoms with Crippen molar-refractivity contribution in [3.63, 3.8) is 0 Å². The molecule has 26 heavy (non-hydrogen) atoms. The van der Waals surface area contributed by atoms with E-state index < -0.39 is 10.0 Å². The zero-order chi connectivity index (χ0) is 19.2. The zero-order valence-electron chi connectivity index (χ0n) is 16.1. The van der Waals surface area contributed by atoms with Crippen LogP contribution in [0.3, 0.4) is 0 Å². The fourth-order valence-electron chi connectivity index (χ4n) is 3.33. The van der Waals surface area contributed by atoms with E-state index in [4.69, 9.17) is 0 Å². The summed E-state index contributed by atoms with van der Waals surface area (Å²) >= 11 is 0. The number of carbonyl (C=O) groups excluding carboxylic acids is 1. The molecule has 1 N–H and O–H groups in total. The summed E-state index contributed by atoms with van der Waals surface area (Å²) in [6.45, 7) is 8.95. The minimum Gasteiger partial charge on any atom is -0.370 e. The summed E-state index contributed by atoms with van der Waals surface area (Å²) in [5.41, 5.74) is 2.39. The maximum atomic E-state index is 12.4. The molecule has 1 fully saturated rings. The molecule has 0 atom stereocenters. The van der Waals surface area contributed by atoms with Gasteiger partial charge in [0.15, 0.2) is 0 Å². The summed E-state index contributed by atoms with van der Waals surface area (Å²) in [7, 11) is -3.14. The van der Waals surface area contributed by atoms with E-state index in [0.29, 0.717) is 32.5 Å². The van der Waals surface area contributed by atoms with E-state index >= 15 is 0 Å². The van der Waals surface area contributed by atoms with E-state index in [1.165, 1.54) is 15.6 Å². The molecule has 0 unspecified atom stereocenters. The second kappa shape index (κ2) is 9.37. The highest BCUT2D eigenvalue weighted by atomic mass is 32.2.